The number of piperidine rings is 2. The number of amides is 3. The summed E-state index contributed by atoms with van der Waals surface area (Å²) in [5, 5.41) is 4.59. The Hall–Kier alpha value is -2.77. The topological polar surface area (TPSA) is 95.6 Å². The Bertz CT molecular complexity index is 739. The molecule has 2 aliphatic heterocycles. The molecule has 1 aromatic carbocycles. The lowest BCUT2D eigenvalue weighted by Crippen LogP contribution is -2.52. The van der Waals surface area contributed by atoms with E-state index in [1.54, 1.807) is 6.07 Å². The first kappa shape index (κ1) is 17.1. The molecule has 2 aliphatic rings. The van der Waals surface area contributed by atoms with Gasteiger partial charge in [-0.05, 0) is 24.6 Å². The fourth-order valence-corrected chi connectivity index (χ4v) is 2.97. The number of carbonyl (C=O) groups excluding carboxylic acids is 4. The van der Waals surface area contributed by atoms with Gasteiger partial charge in [0.25, 0.3) is 5.91 Å². The molecule has 2 heterocycles. The molecule has 2 N–H and O–H groups in total. The van der Waals surface area contributed by atoms with Crippen LogP contribution < -0.4 is 15.5 Å². The molecule has 7 nitrogen and oxygen atoms in total. The van der Waals surface area contributed by atoms with E-state index in [2.05, 4.69) is 10.6 Å². The molecule has 8 heteroatoms. The summed E-state index contributed by atoms with van der Waals surface area (Å²) in [6, 6.07) is 3.40. The Kier molecular flexibility index (Phi) is 4.78. The second-order valence-corrected chi connectivity index (χ2v) is 6.17. The first-order valence-corrected chi connectivity index (χ1v) is 8.15. The van der Waals surface area contributed by atoms with Gasteiger partial charge in [0.1, 0.15) is 17.6 Å². The number of Topliss-reactive ketones (excluding diaryl/α,β-unsaturated/α-hetero) is 1. The third-order valence-electron chi connectivity index (χ3n) is 4.43. The summed E-state index contributed by atoms with van der Waals surface area (Å²) in [7, 11) is 0. The molecule has 3 amide bonds. The Morgan fingerprint density at radius 2 is 1.88 bits per heavy atom. The van der Waals surface area contributed by atoms with Crippen LogP contribution in [0.1, 0.15) is 36.0 Å². The van der Waals surface area contributed by atoms with Crippen LogP contribution in [0.4, 0.5) is 10.1 Å². The summed E-state index contributed by atoms with van der Waals surface area (Å²) in [5.74, 6) is -2.17. The fraction of sp³-hybridized carbons (Fsp3) is 0.412. The van der Waals surface area contributed by atoms with Crippen LogP contribution in [0.3, 0.4) is 0 Å². The van der Waals surface area contributed by atoms with Crippen molar-refractivity contribution in [3.05, 3.63) is 29.6 Å². The first-order chi connectivity index (χ1) is 11.9. The van der Waals surface area contributed by atoms with Gasteiger partial charge in [-0.15, -0.1) is 0 Å². The molecule has 1 atom stereocenters. The van der Waals surface area contributed by atoms with Gasteiger partial charge in [-0.1, -0.05) is 0 Å². The third kappa shape index (κ3) is 3.84. The van der Waals surface area contributed by atoms with Crippen molar-refractivity contribution in [3.63, 3.8) is 0 Å². The highest BCUT2D eigenvalue weighted by Crippen LogP contribution is 2.22. The van der Waals surface area contributed by atoms with Gasteiger partial charge >= 0.3 is 0 Å². The van der Waals surface area contributed by atoms with E-state index in [1.165, 1.54) is 12.1 Å². The average molecular weight is 347 g/mol. The molecule has 0 aliphatic carbocycles. The van der Waals surface area contributed by atoms with E-state index in [9.17, 15) is 23.6 Å². The van der Waals surface area contributed by atoms with Crippen molar-refractivity contribution in [2.45, 2.75) is 31.7 Å². The fourth-order valence-electron chi connectivity index (χ4n) is 2.97. The maximum atomic E-state index is 14.3. The molecular weight excluding hydrogens is 329 g/mol. The highest BCUT2D eigenvalue weighted by molar-refractivity contribution is 6.03. The van der Waals surface area contributed by atoms with Gasteiger partial charge in [-0.3, -0.25) is 24.5 Å². The number of imide groups is 1. The van der Waals surface area contributed by atoms with Gasteiger partial charge in [-0.2, -0.15) is 0 Å². The van der Waals surface area contributed by atoms with E-state index in [-0.39, 0.29) is 30.1 Å². The van der Waals surface area contributed by atoms with Crippen LogP contribution in [0, 0.1) is 5.82 Å². The Morgan fingerprint density at radius 1 is 1.16 bits per heavy atom. The van der Waals surface area contributed by atoms with Crippen LogP contribution in [0.15, 0.2) is 18.2 Å². The zero-order valence-corrected chi connectivity index (χ0v) is 13.5. The first-order valence-electron chi connectivity index (χ1n) is 8.15. The van der Waals surface area contributed by atoms with Crippen molar-refractivity contribution in [3.8, 4) is 0 Å². The molecule has 0 radical (unpaired) electrons. The zero-order chi connectivity index (χ0) is 18.0. The molecular formula is C17H18FN3O4. The summed E-state index contributed by atoms with van der Waals surface area (Å²) >= 11 is 0. The summed E-state index contributed by atoms with van der Waals surface area (Å²) in [6.45, 7) is 1.06. The van der Waals surface area contributed by atoms with Crippen molar-refractivity contribution in [2.24, 2.45) is 0 Å². The van der Waals surface area contributed by atoms with Gasteiger partial charge in [0.2, 0.25) is 11.8 Å². The van der Waals surface area contributed by atoms with Crippen molar-refractivity contribution in [1.82, 2.24) is 10.6 Å². The molecule has 0 aromatic heterocycles. The van der Waals surface area contributed by atoms with Crippen LogP contribution in [0.25, 0.3) is 0 Å². The highest BCUT2D eigenvalue weighted by atomic mass is 19.1. The molecule has 1 unspecified atom stereocenters. The molecule has 0 spiro atoms. The van der Waals surface area contributed by atoms with Crippen molar-refractivity contribution in [1.29, 1.82) is 0 Å². The van der Waals surface area contributed by atoms with Crippen LogP contribution >= 0.6 is 0 Å². The summed E-state index contributed by atoms with van der Waals surface area (Å²) in [4.78, 5) is 48.2. The Morgan fingerprint density at radius 3 is 2.52 bits per heavy atom. The van der Waals surface area contributed by atoms with Crippen LogP contribution in [-0.2, 0) is 14.4 Å². The van der Waals surface area contributed by atoms with E-state index in [0.717, 1.165) is 0 Å². The number of rotatable bonds is 3. The maximum Gasteiger partial charge on any atom is 0.254 e. The number of nitrogens with zero attached hydrogens (tertiary/aromatic N) is 1. The zero-order valence-electron chi connectivity index (χ0n) is 13.5. The minimum absolute atomic E-state index is 0.131. The Labute approximate surface area is 143 Å². The standard InChI is InChI=1S/C17H18FN3O4/c18-13-9-10(21-7-5-11(22)6-8-21)1-2-12(13)16(24)19-14-3-4-15(23)20-17(14)25/h1-2,9,14H,3-8H2,(H,19,24)(H,20,23,25). The third-order valence-corrected chi connectivity index (χ3v) is 4.43. The number of hydrogen-bond donors (Lipinski definition) is 2. The van der Waals surface area contributed by atoms with Gasteiger partial charge in [0.15, 0.2) is 0 Å². The second kappa shape index (κ2) is 7.00. The van der Waals surface area contributed by atoms with Crippen LogP contribution in [0.2, 0.25) is 0 Å². The van der Waals surface area contributed by atoms with E-state index in [0.29, 0.717) is 31.6 Å². The second-order valence-electron chi connectivity index (χ2n) is 6.17. The van der Waals surface area contributed by atoms with Crippen molar-refractivity contribution in [2.75, 3.05) is 18.0 Å². The van der Waals surface area contributed by atoms with E-state index >= 15 is 0 Å². The summed E-state index contributed by atoms with van der Waals surface area (Å²) in [5.41, 5.74) is 0.448. The molecule has 25 heavy (non-hydrogen) atoms. The quantitative estimate of drug-likeness (QED) is 0.778. The Balaban J connectivity index is 1.68. The maximum absolute atomic E-state index is 14.3. The monoisotopic (exact) mass is 347 g/mol. The number of halogens is 1. The molecule has 3 rings (SSSR count). The average Bonchev–Trinajstić information content (AvgIpc) is 2.58. The predicted octanol–water partition coefficient (Wildman–Crippen LogP) is 0.530. The van der Waals surface area contributed by atoms with Gasteiger partial charge < -0.3 is 10.2 Å². The number of anilines is 1. The number of hydrogen-bond acceptors (Lipinski definition) is 5. The molecule has 132 valence electrons. The molecule has 0 saturated carbocycles. The van der Waals surface area contributed by atoms with Gasteiger partial charge in [-0.25, -0.2) is 4.39 Å². The minimum atomic E-state index is -0.850. The van der Waals surface area contributed by atoms with Gasteiger partial charge in [0.05, 0.1) is 5.56 Å². The predicted molar refractivity (Wildman–Crippen MR) is 86.5 cm³/mol. The normalized spacial score (nSPS) is 21.1. The van der Waals surface area contributed by atoms with Crippen molar-refractivity contribution < 1.29 is 23.6 Å². The lowest BCUT2D eigenvalue weighted by atomic mass is 10.0. The van der Waals surface area contributed by atoms with E-state index in [4.69, 9.17) is 0 Å². The van der Waals surface area contributed by atoms with Gasteiger partial charge in [0, 0.05) is 38.0 Å². The van der Waals surface area contributed by atoms with Crippen LogP contribution in [0.5, 0.6) is 0 Å². The van der Waals surface area contributed by atoms with Crippen molar-refractivity contribution >= 4 is 29.2 Å². The molecule has 1 aromatic rings. The molecule has 2 fully saturated rings. The van der Waals surface area contributed by atoms with E-state index < -0.39 is 23.7 Å². The summed E-state index contributed by atoms with van der Waals surface area (Å²) in [6.07, 6.45) is 1.18. The smallest absolute Gasteiger partial charge is 0.254 e. The van der Waals surface area contributed by atoms with E-state index in [1.807, 2.05) is 4.90 Å². The molecule has 0 bridgehead atoms. The lowest BCUT2D eigenvalue weighted by Gasteiger charge is -2.28. The molecule has 2 saturated heterocycles. The number of nitrogens with one attached hydrogen (secondary N) is 2. The number of benzene rings is 1. The largest absolute Gasteiger partial charge is 0.371 e. The lowest BCUT2D eigenvalue weighted by molar-refractivity contribution is -0.134. The SMILES string of the molecule is O=C1CCN(c2ccc(C(=O)NC3CCC(=O)NC3=O)c(F)c2)CC1. The number of carbonyl (C=O) groups is 4. The van der Waals surface area contributed by atoms with Crippen LogP contribution in [-0.4, -0.2) is 42.6 Å². The summed E-state index contributed by atoms with van der Waals surface area (Å²) < 4.78 is 14.3. The number of ketones is 1. The highest BCUT2D eigenvalue weighted by Gasteiger charge is 2.29. The minimum Gasteiger partial charge on any atom is -0.371 e.